The Morgan fingerprint density at radius 2 is 1.73 bits per heavy atom. The van der Waals surface area contributed by atoms with Crippen LogP contribution >= 0.6 is 0 Å². The van der Waals surface area contributed by atoms with Gasteiger partial charge in [0, 0.05) is 0 Å². The molecule has 0 aliphatic rings. The third-order valence-corrected chi connectivity index (χ3v) is 1.20. The van der Waals surface area contributed by atoms with Crippen LogP contribution in [0.25, 0.3) is 0 Å². The second-order valence-electron chi connectivity index (χ2n) is 2.53. The number of carboxylic acid groups (broad SMARTS) is 1. The van der Waals surface area contributed by atoms with Gasteiger partial charge >= 0.3 is 55.6 Å². The van der Waals surface area contributed by atoms with Crippen molar-refractivity contribution in [2.24, 2.45) is 0 Å². The number of ether oxygens (including phenoxy) is 1. The molecular formula is C7H12CaO7. The van der Waals surface area contributed by atoms with Gasteiger partial charge in [-0.25, -0.2) is 9.59 Å². The van der Waals surface area contributed by atoms with E-state index in [0.29, 0.717) is 0 Å². The number of aliphatic hydroxyl groups is 2. The molecule has 0 amide bonds. The fourth-order valence-corrected chi connectivity index (χ4v) is 0.484. The van der Waals surface area contributed by atoms with E-state index in [1.807, 2.05) is 0 Å². The van der Waals surface area contributed by atoms with Crippen LogP contribution in [0.1, 0.15) is 13.3 Å². The molecule has 7 nitrogen and oxygen atoms in total. The molecule has 15 heavy (non-hydrogen) atoms. The maximum atomic E-state index is 10.7. The third kappa shape index (κ3) is 7.69. The van der Waals surface area contributed by atoms with Crippen molar-refractivity contribution in [3.05, 3.63) is 0 Å². The van der Waals surface area contributed by atoms with Gasteiger partial charge in [-0.2, -0.15) is 0 Å². The molecule has 8 heteroatoms. The van der Waals surface area contributed by atoms with E-state index < -0.39 is 36.5 Å². The van der Waals surface area contributed by atoms with Crippen LogP contribution < -0.4 is 0 Å². The molecule has 0 saturated carbocycles. The van der Waals surface area contributed by atoms with Crippen LogP contribution in [0.5, 0.6) is 0 Å². The van der Waals surface area contributed by atoms with E-state index in [2.05, 4.69) is 4.74 Å². The van der Waals surface area contributed by atoms with Crippen LogP contribution in [0, 0.1) is 0 Å². The van der Waals surface area contributed by atoms with Gasteiger partial charge in [0.15, 0.2) is 6.10 Å². The van der Waals surface area contributed by atoms with Gasteiger partial charge in [-0.05, 0) is 6.92 Å². The first kappa shape index (κ1) is 17.2. The Kier molecular flexibility index (Phi) is 9.17. The molecule has 0 fully saturated rings. The predicted molar refractivity (Wildman–Crippen MR) is 49.6 cm³/mol. The van der Waals surface area contributed by atoms with E-state index in [-0.39, 0.29) is 37.7 Å². The zero-order valence-electron chi connectivity index (χ0n) is 7.34. The van der Waals surface area contributed by atoms with Gasteiger partial charge in [0.05, 0.1) is 6.42 Å². The summed E-state index contributed by atoms with van der Waals surface area (Å²) in [5.41, 5.74) is 0. The average molecular weight is 248 g/mol. The summed E-state index contributed by atoms with van der Waals surface area (Å²) >= 11 is 0. The Labute approximate surface area is 115 Å². The SMILES string of the molecule is CC(O)C(=O)OC(=O)CC(O)C(=O)O.[CaH2]. The summed E-state index contributed by atoms with van der Waals surface area (Å²) in [5, 5.41) is 25.5. The standard InChI is InChI=1S/C7H10O7.Ca.2H/c1-3(8)7(13)14-5(10)2-4(9)6(11)12;;;/h3-4,8-9H,2H2,1H3,(H,11,12);;;. The number of carboxylic acids is 1. The van der Waals surface area contributed by atoms with E-state index in [0.717, 1.165) is 6.92 Å². The normalized spacial score (nSPS) is 13.3. The number of carbonyl (C=O) groups is 3. The minimum absolute atomic E-state index is 0. The van der Waals surface area contributed by atoms with Gasteiger partial charge in [0.25, 0.3) is 0 Å². The van der Waals surface area contributed by atoms with Crippen LogP contribution in [0.3, 0.4) is 0 Å². The van der Waals surface area contributed by atoms with Crippen LogP contribution in [0.2, 0.25) is 0 Å². The Hall–Kier alpha value is -0.210. The molecule has 0 aromatic rings. The fourth-order valence-electron chi connectivity index (χ4n) is 0.484. The zero-order chi connectivity index (χ0) is 11.3. The Morgan fingerprint density at radius 1 is 1.27 bits per heavy atom. The topological polar surface area (TPSA) is 121 Å². The molecule has 0 aliphatic heterocycles. The van der Waals surface area contributed by atoms with Gasteiger partial charge in [-0.1, -0.05) is 0 Å². The maximum absolute atomic E-state index is 10.7. The molecule has 0 aromatic carbocycles. The number of esters is 2. The molecule has 0 rings (SSSR count). The van der Waals surface area contributed by atoms with Crippen molar-refractivity contribution in [1.82, 2.24) is 0 Å². The predicted octanol–water partition coefficient (Wildman–Crippen LogP) is -2.64. The van der Waals surface area contributed by atoms with Crippen molar-refractivity contribution in [3.8, 4) is 0 Å². The van der Waals surface area contributed by atoms with Crippen molar-refractivity contribution in [1.29, 1.82) is 0 Å². The van der Waals surface area contributed by atoms with Gasteiger partial charge in [0.1, 0.15) is 6.10 Å². The summed E-state index contributed by atoms with van der Waals surface area (Å²) < 4.78 is 3.98. The van der Waals surface area contributed by atoms with Gasteiger partial charge in [-0.15, -0.1) is 0 Å². The fraction of sp³-hybridized carbons (Fsp3) is 0.571. The number of aliphatic carboxylic acids is 1. The summed E-state index contributed by atoms with van der Waals surface area (Å²) in [6, 6.07) is 0. The van der Waals surface area contributed by atoms with Crippen molar-refractivity contribution in [3.63, 3.8) is 0 Å². The molecule has 2 unspecified atom stereocenters. The molecule has 0 heterocycles. The summed E-state index contributed by atoms with van der Waals surface area (Å²) in [4.78, 5) is 31.3. The molecule has 3 N–H and O–H groups in total. The Balaban J connectivity index is 0. The summed E-state index contributed by atoms with van der Waals surface area (Å²) in [6.07, 6.45) is -4.22. The van der Waals surface area contributed by atoms with E-state index in [4.69, 9.17) is 15.3 Å². The second kappa shape index (κ2) is 8.00. The van der Waals surface area contributed by atoms with Crippen molar-refractivity contribution in [2.45, 2.75) is 25.6 Å². The summed E-state index contributed by atoms with van der Waals surface area (Å²) in [7, 11) is 0. The molecule has 2 atom stereocenters. The number of carbonyl (C=O) groups excluding carboxylic acids is 2. The number of hydrogen-bond donors (Lipinski definition) is 3. The number of aliphatic hydroxyl groups excluding tert-OH is 2. The van der Waals surface area contributed by atoms with Crippen LogP contribution in [0.4, 0.5) is 0 Å². The van der Waals surface area contributed by atoms with Gasteiger partial charge in [-0.3, -0.25) is 4.79 Å². The molecule has 0 aromatic heterocycles. The summed E-state index contributed by atoms with van der Waals surface area (Å²) in [6.45, 7) is 1.09. The molecule has 0 bridgehead atoms. The van der Waals surface area contributed by atoms with Crippen LogP contribution in [0.15, 0.2) is 0 Å². The van der Waals surface area contributed by atoms with E-state index in [1.54, 1.807) is 0 Å². The molecule has 0 radical (unpaired) electrons. The zero-order valence-corrected chi connectivity index (χ0v) is 7.34. The molecule has 84 valence electrons. The first-order valence-electron chi connectivity index (χ1n) is 3.68. The second-order valence-corrected chi connectivity index (χ2v) is 2.53. The number of hydrogen-bond acceptors (Lipinski definition) is 6. The molecule has 0 spiro atoms. The minimum atomic E-state index is -1.91. The molecule has 0 saturated heterocycles. The van der Waals surface area contributed by atoms with E-state index in [9.17, 15) is 14.4 Å². The van der Waals surface area contributed by atoms with Gasteiger partial charge in [0.2, 0.25) is 0 Å². The van der Waals surface area contributed by atoms with E-state index in [1.165, 1.54) is 0 Å². The Morgan fingerprint density at radius 3 is 2.07 bits per heavy atom. The van der Waals surface area contributed by atoms with Crippen LogP contribution in [-0.2, 0) is 19.1 Å². The number of rotatable bonds is 4. The van der Waals surface area contributed by atoms with E-state index >= 15 is 0 Å². The summed E-state index contributed by atoms with van der Waals surface area (Å²) in [5.74, 6) is -3.98. The first-order chi connectivity index (χ1) is 6.34. The quantitative estimate of drug-likeness (QED) is 0.282. The Bertz CT molecular complexity index is 250. The van der Waals surface area contributed by atoms with Crippen molar-refractivity contribution < 1.29 is 34.4 Å². The van der Waals surface area contributed by atoms with Crippen molar-refractivity contribution >= 4 is 55.6 Å². The van der Waals surface area contributed by atoms with Crippen LogP contribution in [-0.4, -0.2) is 83.2 Å². The molecule has 0 aliphatic carbocycles. The monoisotopic (exact) mass is 248 g/mol. The van der Waals surface area contributed by atoms with Gasteiger partial charge < -0.3 is 20.1 Å². The average Bonchev–Trinajstić information content (AvgIpc) is 2.03. The third-order valence-electron chi connectivity index (χ3n) is 1.20. The van der Waals surface area contributed by atoms with Crippen molar-refractivity contribution in [2.75, 3.05) is 0 Å². The molecular weight excluding hydrogens is 236 g/mol. The first-order valence-corrected chi connectivity index (χ1v) is 3.68.